The van der Waals surface area contributed by atoms with Crippen molar-refractivity contribution in [3.05, 3.63) is 12.2 Å². The topological polar surface area (TPSA) is 26.3 Å². The molecule has 7 atom stereocenters. The molecule has 7 unspecified atom stereocenters. The van der Waals surface area contributed by atoms with Crippen LogP contribution in [0.1, 0.15) is 47.0 Å². The van der Waals surface area contributed by atoms with Gasteiger partial charge in [0, 0.05) is 0 Å². The molecule has 3 heteroatoms. The Morgan fingerprint density at radius 2 is 1.62 bits per heavy atom. The number of hydrogen-bond acceptors (Lipinski definition) is 2. The molecule has 4 bridgehead atoms. The van der Waals surface area contributed by atoms with E-state index in [2.05, 4.69) is 39.8 Å². The second-order valence-corrected chi connectivity index (χ2v) is 12.3. The molecular weight excluding hydrogens is 311 g/mol. The van der Waals surface area contributed by atoms with E-state index in [1.54, 1.807) is 0 Å². The standard InChI is InChI=1S/C13H16O2.2C4H9.Al/c14-13(15)10-5-8-4-9(10)12-7-2-1-6(3-7)11(8)12;2*1-4(2)3;/h1-2,6-12H,3-5H2,(H,14,15);2*4H,1H2,2-3H3;/q;;;+1/p-1. The van der Waals surface area contributed by atoms with Gasteiger partial charge in [-0.25, -0.2) is 0 Å². The predicted molar refractivity (Wildman–Crippen MR) is 98.6 cm³/mol. The number of carbonyl (C=O) groups excluding carboxylic acids is 1. The zero-order valence-corrected chi connectivity index (χ0v) is 16.9. The van der Waals surface area contributed by atoms with Gasteiger partial charge in [-0.15, -0.1) is 0 Å². The van der Waals surface area contributed by atoms with Gasteiger partial charge in [-0.2, -0.15) is 0 Å². The molecule has 0 radical (unpaired) electrons. The minimum absolute atomic E-state index is 0.200. The summed E-state index contributed by atoms with van der Waals surface area (Å²) in [5.41, 5.74) is 0. The van der Waals surface area contributed by atoms with Crippen LogP contribution in [-0.2, 0) is 8.58 Å². The van der Waals surface area contributed by atoms with Crippen molar-refractivity contribution in [2.45, 2.75) is 57.5 Å². The van der Waals surface area contributed by atoms with Crippen molar-refractivity contribution in [1.82, 2.24) is 0 Å². The molecule has 0 spiro atoms. The first kappa shape index (κ1) is 17.2. The number of allylic oxidation sites excluding steroid dienone is 2. The fourth-order valence-electron chi connectivity index (χ4n) is 6.78. The van der Waals surface area contributed by atoms with E-state index in [0.717, 1.165) is 46.6 Å². The molecule has 2 nitrogen and oxygen atoms in total. The lowest BCUT2D eigenvalue weighted by molar-refractivity contribution is -0.142. The molecule has 0 heterocycles. The van der Waals surface area contributed by atoms with Crippen LogP contribution in [-0.4, -0.2) is 20.5 Å². The Hall–Kier alpha value is -0.258. The summed E-state index contributed by atoms with van der Waals surface area (Å²) in [7, 11) is 0. The van der Waals surface area contributed by atoms with Crippen molar-refractivity contribution in [2.24, 2.45) is 53.3 Å². The molecule has 4 rings (SSSR count). The highest BCUT2D eigenvalue weighted by Crippen LogP contribution is 2.67. The Balaban J connectivity index is 1.41. The lowest BCUT2D eigenvalue weighted by atomic mass is 9.69. The Morgan fingerprint density at radius 3 is 2.25 bits per heavy atom. The zero-order valence-electron chi connectivity index (χ0n) is 15.8. The fourth-order valence-corrected chi connectivity index (χ4v) is 9.77. The molecule has 3 fully saturated rings. The van der Waals surface area contributed by atoms with Gasteiger partial charge >= 0.3 is 14.5 Å². The summed E-state index contributed by atoms with van der Waals surface area (Å²) in [5, 5.41) is 2.29. The van der Waals surface area contributed by atoms with Gasteiger partial charge in [-0.05, 0) is 54.8 Å². The van der Waals surface area contributed by atoms with E-state index in [9.17, 15) is 4.79 Å². The average molecular weight is 344 g/mol. The molecule has 0 aromatic carbocycles. The molecule has 3 saturated carbocycles. The molecule has 0 aliphatic heterocycles. The predicted octanol–water partition coefficient (Wildman–Crippen LogP) is 4.93. The largest absolute Gasteiger partial charge is 0.616 e. The molecule has 0 aromatic heterocycles. The summed E-state index contributed by atoms with van der Waals surface area (Å²) in [6, 6.07) is 0. The first-order valence-corrected chi connectivity index (χ1v) is 12.4. The Bertz CT molecular complexity index is 516. The number of hydrogen-bond donors (Lipinski definition) is 0. The molecule has 0 saturated heterocycles. The minimum Gasteiger partial charge on any atom is -0.616 e. The van der Waals surface area contributed by atoms with Crippen molar-refractivity contribution in [3.8, 4) is 0 Å². The van der Waals surface area contributed by atoms with Crippen molar-refractivity contribution >= 4 is 20.5 Å². The lowest BCUT2D eigenvalue weighted by Crippen LogP contribution is -2.37. The van der Waals surface area contributed by atoms with Gasteiger partial charge in [0.15, 0.2) is 0 Å². The highest BCUT2D eigenvalue weighted by molar-refractivity contribution is 6.54. The van der Waals surface area contributed by atoms with Gasteiger partial charge in [0.05, 0.1) is 5.92 Å². The third kappa shape index (κ3) is 2.91. The quantitative estimate of drug-likeness (QED) is 0.388. The summed E-state index contributed by atoms with van der Waals surface area (Å²) in [4.78, 5) is 13.0. The molecular formula is C21H33AlO2. The van der Waals surface area contributed by atoms with E-state index >= 15 is 0 Å². The van der Waals surface area contributed by atoms with E-state index < -0.39 is 14.5 Å². The minimum atomic E-state index is -1.39. The van der Waals surface area contributed by atoms with E-state index in [-0.39, 0.29) is 11.9 Å². The fraction of sp³-hybridized carbons (Fsp3) is 0.857. The Labute approximate surface area is 152 Å². The maximum absolute atomic E-state index is 13.0. The summed E-state index contributed by atoms with van der Waals surface area (Å²) < 4.78 is 6.22. The zero-order chi connectivity index (χ0) is 17.0. The van der Waals surface area contributed by atoms with Crippen LogP contribution in [0.25, 0.3) is 0 Å². The van der Waals surface area contributed by atoms with Crippen molar-refractivity contribution < 1.29 is 8.58 Å². The normalized spacial score (nSPS) is 41.5. The van der Waals surface area contributed by atoms with Crippen molar-refractivity contribution in [3.63, 3.8) is 0 Å². The van der Waals surface area contributed by atoms with Gasteiger partial charge in [0.1, 0.15) is 0 Å². The van der Waals surface area contributed by atoms with Crippen LogP contribution in [0.5, 0.6) is 0 Å². The van der Waals surface area contributed by atoms with E-state index in [4.69, 9.17) is 3.79 Å². The van der Waals surface area contributed by atoms with Crippen molar-refractivity contribution in [1.29, 1.82) is 0 Å². The first-order chi connectivity index (χ1) is 11.4. The molecule has 0 aromatic rings. The maximum atomic E-state index is 13.0. The number of carbonyl (C=O) groups is 1. The van der Waals surface area contributed by atoms with Crippen LogP contribution < -0.4 is 0 Å². The second-order valence-electron chi connectivity index (χ2n) is 9.92. The molecule has 4 aliphatic rings. The molecule has 4 aliphatic carbocycles. The SMILES string of the molecule is CC(C)[CH2][Al]([CH2]C(C)C)[O]C(=O)C1CC2CC1C1C3C=CC(C3)C21. The smallest absolute Gasteiger partial charge is 0.549 e. The maximum Gasteiger partial charge on any atom is 0.549 e. The van der Waals surface area contributed by atoms with E-state index in [1.165, 1.54) is 12.8 Å². The first-order valence-electron chi connectivity index (χ1n) is 10.3. The summed E-state index contributed by atoms with van der Waals surface area (Å²) in [5.74, 6) is 6.53. The van der Waals surface area contributed by atoms with E-state index in [0.29, 0.717) is 17.8 Å². The Kier molecular flexibility index (Phi) is 4.63. The van der Waals surface area contributed by atoms with Crippen LogP contribution in [0.3, 0.4) is 0 Å². The number of fused-ring (bicyclic) bond motifs is 9. The monoisotopic (exact) mass is 344 g/mol. The van der Waals surface area contributed by atoms with Crippen molar-refractivity contribution in [2.75, 3.05) is 0 Å². The third-order valence-electron chi connectivity index (χ3n) is 7.32. The molecule has 0 N–H and O–H groups in total. The van der Waals surface area contributed by atoms with Crippen LogP contribution in [0.2, 0.25) is 10.6 Å². The van der Waals surface area contributed by atoms with Crippen LogP contribution in [0, 0.1) is 53.3 Å². The highest BCUT2D eigenvalue weighted by Gasteiger charge is 2.62. The lowest BCUT2D eigenvalue weighted by Gasteiger charge is -2.36. The summed E-state index contributed by atoms with van der Waals surface area (Å²) in [6.45, 7) is 9.05. The van der Waals surface area contributed by atoms with Gasteiger partial charge in [0.2, 0.25) is 0 Å². The van der Waals surface area contributed by atoms with Crippen LogP contribution in [0.4, 0.5) is 0 Å². The third-order valence-corrected chi connectivity index (χ3v) is 10.8. The van der Waals surface area contributed by atoms with Gasteiger partial charge in [0.25, 0.3) is 5.97 Å². The second kappa shape index (κ2) is 6.48. The van der Waals surface area contributed by atoms with Gasteiger partial charge in [-0.1, -0.05) is 62.2 Å². The molecule has 132 valence electrons. The molecule has 0 amide bonds. The Morgan fingerprint density at radius 1 is 1.00 bits per heavy atom. The van der Waals surface area contributed by atoms with Crippen LogP contribution in [0.15, 0.2) is 12.2 Å². The highest BCUT2D eigenvalue weighted by atomic mass is 27.2. The number of rotatable bonds is 6. The summed E-state index contributed by atoms with van der Waals surface area (Å²) >= 11 is -1.39. The van der Waals surface area contributed by atoms with Gasteiger partial charge in [-0.3, -0.25) is 4.79 Å². The van der Waals surface area contributed by atoms with E-state index in [1.807, 2.05) is 0 Å². The van der Waals surface area contributed by atoms with Crippen LogP contribution >= 0.6 is 0 Å². The average Bonchev–Trinajstić information content (AvgIpc) is 3.24. The van der Waals surface area contributed by atoms with Gasteiger partial charge < -0.3 is 3.79 Å². The molecule has 24 heavy (non-hydrogen) atoms. The summed E-state index contributed by atoms with van der Waals surface area (Å²) in [6.07, 6.45) is 8.76.